The molecule has 0 amide bonds. The van der Waals surface area contributed by atoms with Gasteiger partial charge in [-0.25, -0.2) is 0 Å². The minimum atomic E-state index is 1.11. The zero-order valence-electron chi connectivity index (χ0n) is 9.23. The van der Waals surface area contributed by atoms with Gasteiger partial charge in [-0.1, -0.05) is 13.3 Å². The van der Waals surface area contributed by atoms with Crippen molar-refractivity contribution in [1.82, 2.24) is 0 Å². The Hall–Kier alpha value is -0.0400. The van der Waals surface area contributed by atoms with Crippen molar-refractivity contribution in [2.24, 2.45) is 0 Å². The van der Waals surface area contributed by atoms with Gasteiger partial charge < -0.3 is 4.48 Å². The summed E-state index contributed by atoms with van der Waals surface area (Å²) in [6.45, 7) is 11.9. The molecule has 77 valence electrons. The molecule has 0 saturated carbocycles. The zero-order valence-corrected chi connectivity index (χ0v) is 9.23. The van der Waals surface area contributed by atoms with Crippen molar-refractivity contribution >= 4 is 0 Å². The minimum absolute atomic E-state index is 1.11. The Morgan fingerprint density at radius 1 is 1.08 bits per heavy atom. The lowest BCUT2D eigenvalue weighted by molar-refractivity contribution is -0.932. The second-order valence-electron chi connectivity index (χ2n) is 4.50. The lowest BCUT2D eigenvalue weighted by Crippen LogP contribution is -2.52. The van der Waals surface area contributed by atoms with Crippen LogP contribution >= 0.6 is 0 Å². The molecule has 0 atom stereocenters. The number of rotatable bonds is 5. The maximum atomic E-state index is 4.02. The molecule has 1 saturated heterocycles. The van der Waals surface area contributed by atoms with Crippen LogP contribution in [0.2, 0.25) is 0 Å². The Morgan fingerprint density at radius 3 is 2.31 bits per heavy atom. The summed E-state index contributed by atoms with van der Waals surface area (Å²) in [6, 6.07) is 0. The first-order valence-corrected chi connectivity index (χ1v) is 5.97. The summed E-state index contributed by atoms with van der Waals surface area (Å²) in [5.74, 6) is 0. The van der Waals surface area contributed by atoms with Crippen LogP contribution in [0.1, 0.15) is 45.4 Å². The maximum Gasteiger partial charge on any atom is 0.0786 e. The third-order valence-corrected chi connectivity index (χ3v) is 3.38. The number of nitrogens with zero attached hydrogens (tertiary/aromatic N) is 1. The van der Waals surface area contributed by atoms with Crippen LogP contribution in [0.4, 0.5) is 0 Å². The molecule has 0 aromatic heterocycles. The van der Waals surface area contributed by atoms with Gasteiger partial charge in [-0.05, 0) is 39.0 Å². The Bertz CT molecular complexity index is 120. The van der Waals surface area contributed by atoms with Crippen molar-refractivity contribution in [3.8, 4) is 0 Å². The van der Waals surface area contributed by atoms with Gasteiger partial charge in [0.2, 0.25) is 0 Å². The van der Waals surface area contributed by atoms with E-state index in [1.54, 1.807) is 0 Å². The van der Waals surface area contributed by atoms with Crippen LogP contribution in [0.5, 0.6) is 0 Å². The largest absolute Gasteiger partial charge is 0.324 e. The molecule has 0 aromatic rings. The normalized spacial score (nSPS) is 21.7. The summed E-state index contributed by atoms with van der Waals surface area (Å²) in [4.78, 5) is 0. The van der Waals surface area contributed by atoms with E-state index in [-0.39, 0.29) is 0 Å². The lowest BCUT2D eigenvalue weighted by Gasteiger charge is -2.41. The van der Waals surface area contributed by atoms with Gasteiger partial charge in [0.15, 0.2) is 0 Å². The highest BCUT2D eigenvalue weighted by Gasteiger charge is 2.27. The van der Waals surface area contributed by atoms with Crippen molar-refractivity contribution in [2.75, 3.05) is 26.2 Å². The lowest BCUT2D eigenvalue weighted by atomic mass is 10.1. The van der Waals surface area contributed by atoms with Crippen LogP contribution in [0.25, 0.3) is 0 Å². The third-order valence-electron chi connectivity index (χ3n) is 3.38. The predicted molar refractivity (Wildman–Crippen MR) is 58.5 cm³/mol. The van der Waals surface area contributed by atoms with Crippen LogP contribution < -0.4 is 0 Å². The quantitative estimate of drug-likeness (QED) is 0.575. The highest BCUT2D eigenvalue weighted by molar-refractivity contribution is 4.55. The van der Waals surface area contributed by atoms with E-state index in [2.05, 4.69) is 13.8 Å². The van der Waals surface area contributed by atoms with E-state index in [0.717, 1.165) is 6.42 Å². The Labute approximate surface area is 83.7 Å². The molecular formula is C12H25N+. The highest BCUT2D eigenvalue weighted by atomic mass is 15.3. The van der Waals surface area contributed by atoms with Crippen molar-refractivity contribution in [1.29, 1.82) is 0 Å². The number of piperidine rings is 1. The van der Waals surface area contributed by atoms with E-state index >= 15 is 0 Å². The van der Waals surface area contributed by atoms with E-state index < -0.39 is 0 Å². The van der Waals surface area contributed by atoms with E-state index in [0.29, 0.717) is 0 Å². The van der Waals surface area contributed by atoms with Gasteiger partial charge in [0, 0.05) is 0 Å². The molecule has 1 aliphatic heterocycles. The molecule has 0 aromatic carbocycles. The number of unbranched alkanes of at least 4 members (excludes halogenated alkanes) is 1. The number of quaternary nitrogens is 1. The molecule has 1 heteroatoms. The van der Waals surface area contributed by atoms with E-state index in [1.165, 1.54) is 62.8 Å². The first kappa shape index (κ1) is 11.0. The molecule has 0 N–H and O–H groups in total. The maximum absolute atomic E-state index is 4.02. The molecule has 1 rings (SSSR count). The molecule has 0 spiro atoms. The topological polar surface area (TPSA) is 0 Å². The van der Waals surface area contributed by atoms with Gasteiger partial charge in [-0.15, -0.1) is 0 Å². The van der Waals surface area contributed by atoms with Crippen LogP contribution in [-0.2, 0) is 0 Å². The van der Waals surface area contributed by atoms with Crippen molar-refractivity contribution in [2.45, 2.75) is 45.4 Å². The summed E-state index contributed by atoms with van der Waals surface area (Å²) >= 11 is 0. The molecule has 0 bridgehead atoms. The Kier molecular flexibility index (Phi) is 4.79. The summed E-state index contributed by atoms with van der Waals surface area (Å²) in [5.41, 5.74) is 0. The first-order valence-electron chi connectivity index (χ1n) is 5.97. The molecule has 13 heavy (non-hydrogen) atoms. The molecule has 0 unspecified atom stereocenters. The SMILES string of the molecule is [CH2]CC[N+]1(CCCC)CCCCC1. The van der Waals surface area contributed by atoms with Crippen molar-refractivity contribution in [3.05, 3.63) is 6.92 Å². The van der Waals surface area contributed by atoms with Gasteiger partial charge in [-0.3, -0.25) is 0 Å². The van der Waals surface area contributed by atoms with E-state index in [1.807, 2.05) is 0 Å². The molecular weight excluding hydrogens is 158 g/mol. The van der Waals surface area contributed by atoms with Crippen LogP contribution in [0, 0.1) is 6.92 Å². The van der Waals surface area contributed by atoms with Gasteiger partial charge in [0.1, 0.15) is 0 Å². The van der Waals surface area contributed by atoms with Crippen LogP contribution in [0.15, 0.2) is 0 Å². The summed E-state index contributed by atoms with van der Waals surface area (Å²) < 4.78 is 1.39. The fourth-order valence-electron chi connectivity index (χ4n) is 2.57. The summed E-state index contributed by atoms with van der Waals surface area (Å²) in [7, 11) is 0. The number of likely N-dealkylation sites (tertiary alicyclic amines) is 1. The summed E-state index contributed by atoms with van der Waals surface area (Å²) in [6.07, 6.45) is 8.22. The van der Waals surface area contributed by atoms with Crippen LogP contribution in [0.3, 0.4) is 0 Å². The van der Waals surface area contributed by atoms with Gasteiger partial charge in [0.25, 0.3) is 0 Å². The second kappa shape index (κ2) is 5.64. The predicted octanol–water partition coefficient (Wildman–Crippen LogP) is 3.01. The minimum Gasteiger partial charge on any atom is -0.324 e. The Balaban J connectivity index is 2.40. The van der Waals surface area contributed by atoms with Gasteiger partial charge >= 0.3 is 0 Å². The molecule has 1 aliphatic rings. The molecule has 1 fully saturated rings. The van der Waals surface area contributed by atoms with Crippen molar-refractivity contribution in [3.63, 3.8) is 0 Å². The van der Waals surface area contributed by atoms with E-state index in [4.69, 9.17) is 0 Å². The smallest absolute Gasteiger partial charge is 0.0786 e. The monoisotopic (exact) mass is 183 g/mol. The van der Waals surface area contributed by atoms with Gasteiger partial charge in [0.05, 0.1) is 26.2 Å². The second-order valence-corrected chi connectivity index (χ2v) is 4.50. The Morgan fingerprint density at radius 2 is 1.77 bits per heavy atom. The van der Waals surface area contributed by atoms with Crippen LogP contribution in [-0.4, -0.2) is 30.7 Å². The average Bonchev–Trinajstić information content (AvgIpc) is 2.17. The first-order chi connectivity index (χ1) is 6.33. The van der Waals surface area contributed by atoms with Gasteiger partial charge in [-0.2, -0.15) is 0 Å². The van der Waals surface area contributed by atoms with Crippen molar-refractivity contribution < 1.29 is 4.48 Å². The fraction of sp³-hybridized carbons (Fsp3) is 0.917. The zero-order chi connectivity index (χ0) is 9.57. The summed E-state index contributed by atoms with van der Waals surface area (Å²) in [5, 5.41) is 0. The molecule has 1 nitrogen and oxygen atoms in total. The fourth-order valence-corrected chi connectivity index (χ4v) is 2.57. The molecule has 0 aliphatic carbocycles. The molecule has 1 heterocycles. The molecule has 1 radical (unpaired) electrons. The number of hydrogen-bond donors (Lipinski definition) is 0. The third kappa shape index (κ3) is 3.30. The highest BCUT2D eigenvalue weighted by Crippen LogP contribution is 2.20. The standard InChI is InChI=1S/C12H25N/c1-3-5-10-13(9-4-2)11-7-6-8-12-13/h2-12H2,1H3/q+1. The average molecular weight is 183 g/mol. The number of hydrogen-bond acceptors (Lipinski definition) is 0. The van der Waals surface area contributed by atoms with E-state index in [9.17, 15) is 0 Å².